The molecule has 2 aromatic carbocycles. The number of para-hydroxylation sites is 1. The van der Waals surface area contributed by atoms with Gasteiger partial charge in [-0.1, -0.05) is 24.3 Å². The molecule has 2 atom stereocenters. The predicted molar refractivity (Wildman–Crippen MR) is 108 cm³/mol. The Kier molecular flexibility index (Phi) is 6.53. The second kappa shape index (κ2) is 9.09. The fourth-order valence-electron chi connectivity index (χ4n) is 2.97. The van der Waals surface area contributed by atoms with Crippen molar-refractivity contribution in [2.75, 3.05) is 12.4 Å². The highest BCUT2D eigenvalue weighted by Crippen LogP contribution is 2.36. The Hall–Kier alpha value is -2.87. The molecule has 2 aromatic rings. The van der Waals surface area contributed by atoms with E-state index in [1.54, 1.807) is 25.2 Å². The van der Waals surface area contributed by atoms with Crippen LogP contribution < -0.4 is 5.32 Å². The molecule has 29 heavy (non-hydrogen) atoms. The van der Waals surface area contributed by atoms with E-state index in [0.29, 0.717) is 5.56 Å². The van der Waals surface area contributed by atoms with Gasteiger partial charge in [-0.3, -0.25) is 14.4 Å². The molecular formula is C21H21FN2O4S. The first-order chi connectivity index (χ1) is 13.8. The lowest BCUT2D eigenvalue weighted by Gasteiger charge is -2.25. The molecule has 1 heterocycles. The molecule has 0 aromatic heterocycles. The average Bonchev–Trinajstić information content (AvgIpc) is 2.67. The zero-order valence-electron chi connectivity index (χ0n) is 16.1. The van der Waals surface area contributed by atoms with Crippen molar-refractivity contribution in [1.29, 1.82) is 0 Å². The van der Waals surface area contributed by atoms with Gasteiger partial charge >= 0.3 is 5.97 Å². The second-order valence-corrected chi connectivity index (χ2v) is 8.00. The predicted octanol–water partition coefficient (Wildman–Crippen LogP) is 3.22. The van der Waals surface area contributed by atoms with Gasteiger partial charge in [0.1, 0.15) is 5.82 Å². The lowest BCUT2D eigenvalue weighted by atomic mass is 10.2. The van der Waals surface area contributed by atoms with E-state index in [4.69, 9.17) is 4.74 Å². The van der Waals surface area contributed by atoms with Crippen LogP contribution in [0.25, 0.3) is 0 Å². The van der Waals surface area contributed by atoms with Gasteiger partial charge in [0, 0.05) is 18.5 Å². The number of halogens is 1. The molecule has 0 saturated carbocycles. The highest BCUT2D eigenvalue weighted by Gasteiger charge is 2.31. The van der Waals surface area contributed by atoms with Gasteiger partial charge in [-0.25, -0.2) is 4.39 Å². The lowest BCUT2D eigenvalue weighted by Crippen LogP contribution is -2.38. The Balaban J connectivity index is 1.53. The molecule has 1 aliphatic heterocycles. The minimum Gasteiger partial charge on any atom is -0.452 e. The van der Waals surface area contributed by atoms with Crippen molar-refractivity contribution in [1.82, 2.24) is 4.90 Å². The van der Waals surface area contributed by atoms with E-state index in [1.165, 1.54) is 35.7 Å². The average molecular weight is 416 g/mol. The summed E-state index contributed by atoms with van der Waals surface area (Å²) in [5.41, 5.74) is 1.35. The maximum absolute atomic E-state index is 13.3. The SMILES string of the molecule is C[C@H](OC(=O)C[C@@H]1Sc2ccccc2NC1=O)C(=O)N(C)Cc1cccc(F)c1. The van der Waals surface area contributed by atoms with Crippen LogP contribution in [0.4, 0.5) is 10.1 Å². The van der Waals surface area contributed by atoms with Crippen LogP contribution >= 0.6 is 11.8 Å². The summed E-state index contributed by atoms with van der Waals surface area (Å²) in [7, 11) is 1.55. The number of amides is 2. The Labute approximate surface area is 172 Å². The standard InChI is InChI=1S/C21H21FN2O4S/c1-13(21(27)24(2)12-14-6-5-7-15(22)10-14)28-19(25)11-18-20(26)23-16-8-3-4-9-17(16)29-18/h3-10,13,18H,11-12H2,1-2H3,(H,23,26)/t13-,18-/m0/s1. The number of esters is 1. The van der Waals surface area contributed by atoms with E-state index in [-0.39, 0.29) is 24.7 Å². The van der Waals surface area contributed by atoms with Crippen LogP contribution in [-0.4, -0.2) is 41.1 Å². The first kappa shape index (κ1) is 20.9. The number of thioether (sulfide) groups is 1. The lowest BCUT2D eigenvalue weighted by molar-refractivity contribution is -0.159. The highest BCUT2D eigenvalue weighted by atomic mass is 32.2. The zero-order valence-corrected chi connectivity index (χ0v) is 16.9. The summed E-state index contributed by atoms with van der Waals surface area (Å²) < 4.78 is 18.5. The van der Waals surface area contributed by atoms with Gasteiger partial charge in [0.15, 0.2) is 6.10 Å². The van der Waals surface area contributed by atoms with Crippen LogP contribution in [-0.2, 0) is 25.7 Å². The smallest absolute Gasteiger partial charge is 0.308 e. The van der Waals surface area contributed by atoms with Crippen molar-refractivity contribution in [2.45, 2.75) is 36.1 Å². The fourth-order valence-corrected chi connectivity index (χ4v) is 4.07. The molecule has 0 radical (unpaired) electrons. The minimum absolute atomic E-state index is 0.143. The number of hydrogen-bond acceptors (Lipinski definition) is 5. The van der Waals surface area contributed by atoms with Crippen molar-refractivity contribution in [2.24, 2.45) is 0 Å². The molecule has 1 aliphatic rings. The summed E-state index contributed by atoms with van der Waals surface area (Å²) in [6, 6.07) is 13.3. The van der Waals surface area contributed by atoms with Crippen molar-refractivity contribution in [3.8, 4) is 0 Å². The summed E-state index contributed by atoms with van der Waals surface area (Å²) in [6.45, 7) is 1.67. The molecule has 0 bridgehead atoms. The first-order valence-corrected chi connectivity index (χ1v) is 9.97. The third-order valence-corrected chi connectivity index (χ3v) is 5.67. The number of fused-ring (bicyclic) bond motifs is 1. The largest absolute Gasteiger partial charge is 0.452 e. The van der Waals surface area contributed by atoms with Crippen LogP contribution in [0.15, 0.2) is 53.4 Å². The van der Waals surface area contributed by atoms with Crippen molar-refractivity contribution in [3.63, 3.8) is 0 Å². The number of carbonyl (C=O) groups is 3. The Morgan fingerprint density at radius 3 is 2.76 bits per heavy atom. The van der Waals surface area contributed by atoms with Gasteiger partial charge in [0.05, 0.1) is 17.4 Å². The summed E-state index contributed by atoms with van der Waals surface area (Å²) in [6.07, 6.45) is -1.15. The van der Waals surface area contributed by atoms with E-state index in [1.807, 2.05) is 18.2 Å². The number of anilines is 1. The van der Waals surface area contributed by atoms with E-state index < -0.39 is 23.2 Å². The summed E-state index contributed by atoms with van der Waals surface area (Å²) in [5, 5.41) is 2.15. The van der Waals surface area contributed by atoms with Gasteiger partial charge in [0.2, 0.25) is 5.91 Å². The summed E-state index contributed by atoms with van der Waals surface area (Å²) >= 11 is 1.29. The van der Waals surface area contributed by atoms with Crippen molar-refractivity contribution in [3.05, 3.63) is 59.9 Å². The maximum atomic E-state index is 13.3. The van der Waals surface area contributed by atoms with Crippen LogP contribution in [0.5, 0.6) is 0 Å². The molecule has 2 amide bonds. The molecule has 6 nitrogen and oxygen atoms in total. The van der Waals surface area contributed by atoms with E-state index in [0.717, 1.165) is 10.6 Å². The number of ether oxygens (including phenoxy) is 1. The number of rotatable bonds is 6. The fraction of sp³-hybridized carbons (Fsp3) is 0.286. The van der Waals surface area contributed by atoms with Crippen molar-refractivity contribution < 1.29 is 23.5 Å². The van der Waals surface area contributed by atoms with E-state index in [2.05, 4.69) is 5.32 Å². The van der Waals surface area contributed by atoms with Crippen LogP contribution in [0.3, 0.4) is 0 Å². The molecule has 0 unspecified atom stereocenters. The molecule has 1 N–H and O–H groups in total. The van der Waals surface area contributed by atoms with E-state index in [9.17, 15) is 18.8 Å². The minimum atomic E-state index is -1.01. The molecule has 0 aliphatic carbocycles. The topological polar surface area (TPSA) is 75.7 Å². The highest BCUT2D eigenvalue weighted by molar-refractivity contribution is 8.01. The molecule has 152 valence electrons. The maximum Gasteiger partial charge on any atom is 0.308 e. The van der Waals surface area contributed by atoms with E-state index >= 15 is 0 Å². The number of nitrogens with zero attached hydrogens (tertiary/aromatic N) is 1. The van der Waals surface area contributed by atoms with Crippen LogP contribution in [0.1, 0.15) is 18.9 Å². The Bertz CT molecular complexity index is 936. The number of likely N-dealkylation sites (N-methyl/N-ethyl adjacent to an activating group) is 1. The van der Waals surface area contributed by atoms with Crippen LogP contribution in [0.2, 0.25) is 0 Å². The third-order valence-electron chi connectivity index (χ3n) is 4.40. The van der Waals surface area contributed by atoms with Crippen molar-refractivity contribution >= 4 is 35.2 Å². The quantitative estimate of drug-likeness (QED) is 0.732. The van der Waals surface area contributed by atoms with Crippen LogP contribution in [0, 0.1) is 5.82 Å². The summed E-state index contributed by atoms with van der Waals surface area (Å²) in [5.74, 6) is -1.69. The molecule has 8 heteroatoms. The van der Waals surface area contributed by atoms with Gasteiger partial charge in [-0.15, -0.1) is 11.8 Å². The Morgan fingerprint density at radius 2 is 2.00 bits per heavy atom. The van der Waals surface area contributed by atoms with Gasteiger partial charge in [-0.05, 0) is 36.8 Å². The zero-order chi connectivity index (χ0) is 21.0. The normalized spacial score (nSPS) is 16.4. The molecule has 0 fully saturated rings. The molecule has 3 rings (SSSR count). The van der Waals surface area contributed by atoms with Gasteiger partial charge < -0.3 is 15.0 Å². The van der Waals surface area contributed by atoms with Gasteiger partial charge in [-0.2, -0.15) is 0 Å². The third kappa shape index (κ3) is 5.35. The molecular weight excluding hydrogens is 395 g/mol. The monoisotopic (exact) mass is 416 g/mol. The number of nitrogens with one attached hydrogen (secondary N) is 1. The molecule has 0 spiro atoms. The first-order valence-electron chi connectivity index (χ1n) is 9.09. The summed E-state index contributed by atoms with van der Waals surface area (Å²) in [4.78, 5) is 39.2. The molecule has 0 saturated heterocycles. The van der Waals surface area contributed by atoms with Gasteiger partial charge in [0.25, 0.3) is 5.91 Å². The Morgan fingerprint density at radius 1 is 1.24 bits per heavy atom. The second-order valence-electron chi connectivity index (χ2n) is 6.75. The number of carbonyl (C=O) groups excluding carboxylic acids is 3. The number of benzene rings is 2. The number of hydrogen-bond donors (Lipinski definition) is 1.